The Balaban J connectivity index is 1.53. The van der Waals surface area contributed by atoms with Crippen molar-refractivity contribution in [2.75, 3.05) is 32.7 Å². The summed E-state index contributed by atoms with van der Waals surface area (Å²) >= 11 is 0. The molecule has 3 rings (SSSR count). The first-order valence-corrected chi connectivity index (χ1v) is 8.49. The van der Waals surface area contributed by atoms with Gasteiger partial charge < -0.3 is 14.9 Å². The highest BCUT2D eigenvalue weighted by molar-refractivity contribution is 5.79. The highest BCUT2D eigenvalue weighted by atomic mass is 16.3. The van der Waals surface area contributed by atoms with Crippen molar-refractivity contribution in [2.24, 2.45) is 5.92 Å². The summed E-state index contributed by atoms with van der Waals surface area (Å²) < 4.78 is 0. The van der Waals surface area contributed by atoms with Gasteiger partial charge in [-0.1, -0.05) is 12.1 Å². The summed E-state index contributed by atoms with van der Waals surface area (Å²) in [5.74, 6) is 1.05. The van der Waals surface area contributed by atoms with Gasteiger partial charge in [0.05, 0.1) is 6.42 Å². The molecule has 2 heterocycles. The summed E-state index contributed by atoms with van der Waals surface area (Å²) in [6.45, 7) is 5.39. The average Bonchev–Trinajstić information content (AvgIpc) is 3.00. The lowest BCUT2D eigenvalue weighted by atomic mass is 9.97. The van der Waals surface area contributed by atoms with E-state index < -0.39 is 0 Å². The Labute approximate surface area is 132 Å². The number of carbonyl (C=O) groups is 1. The Morgan fingerprint density at radius 3 is 2.77 bits per heavy atom. The van der Waals surface area contributed by atoms with Crippen LogP contribution in [0.3, 0.4) is 0 Å². The van der Waals surface area contributed by atoms with E-state index in [1.54, 1.807) is 18.2 Å². The minimum Gasteiger partial charge on any atom is -0.508 e. The number of carbonyl (C=O) groups excluding carboxylic acids is 1. The van der Waals surface area contributed by atoms with Crippen LogP contribution in [0.25, 0.3) is 0 Å². The first-order chi connectivity index (χ1) is 10.7. The van der Waals surface area contributed by atoms with E-state index in [0.29, 0.717) is 12.3 Å². The van der Waals surface area contributed by atoms with Crippen LogP contribution in [-0.4, -0.2) is 53.5 Å². The molecule has 2 saturated heterocycles. The minimum absolute atomic E-state index is 0.191. The number of hydrogen-bond donors (Lipinski definition) is 1. The lowest BCUT2D eigenvalue weighted by molar-refractivity contribution is -0.132. The lowest BCUT2D eigenvalue weighted by Gasteiger charge is -2.34. The number of phenolic OH excluding ortho intramolecular Hbond substituents is 1. The fourth-order valence-corrected chi connectivity index (χ4v) is 3.72. The van der Waals surface area contributed by atoms with Crippen molar-refractivity contribution in [2.45, 2.75) is 32.1 Å². The van der Waals surface area contributed by atoms with Crippen LogP contribution < -0.4 is 0 Å². The second-order valence-corrected chi connectivity index (χ2v) is 6.70. The van der Waals surface area contributed by atoms with E-state index in [0.717, 1.165) is 31.6 Å². The van der Waals surface area contributed by atoms with Crippen molar-refractivity contribution < 1.29 is 9.90 Å². The first kappa shape index (κ1) is 15.3. The molecule has 4 heteroatoms. The third-order valence-electron chi connectivity index (χ3n) is 4.85. The molecule has 1 amide bonds. The van der Waals surface area contributed by atoms with E-state index in [2.05, 4.69) is 4.90 Å². The molecule has 1 N–H and O–H groups in total. The van der Waals surface area contributed by atoms with Crippen molar-refractivity contribution in [1.82, 2.24) is 9.80 Å². The molecule has 0 spiro atoms. The van der Waals surface area contributed by atoms with Gasteiger partial charge in [-0.3, -0.25) is 4.79 Å². The number of rotatable bonds is 4. The summed E-state index contributed by atoms with van der Waals surface area (Å²) in [7, 11) is 0. The standard InChI is InChI=1S/C18H26N2O2/c21-17-7-3-5-15(11-17)12-18(22)20-10-4-6-16(14-20)13-19-8-1-2-9-19/h3,5,7,11,16,21H,1-2,4,6,8-10,12-14H2. The maximum Gasteiger partial charge on any atom is 0.227 e. The third-order valence-corrected chi connectivity index (χ3v) is 4.85. The van der Waals surface area contributed by atoms with Crippen LogP contribution in [0.1, 0.15) is 31.2 Å². The number of nitrogens with zero attached hydrogens (tertiary/aromatic N) is 2. The Kier molecular flexibility index (Phi) is 4.98. The number of piperidine rings is 1. The average molecular weight is 302 g/mol. The second-order valence-electron chi connectivity index (χ2n) is 6.70. The number of aromatic hydroxyl groups is 1. The second kappa shape index (κ2) is 7.14. The van der Waals surface area contributed by atoms with Gasteiger partial charge in [0.15, 0.2) is 0 Å². The van der Waals surface area contributed by atoms with E-state index in [9.17, 15) is 9.90 Å². The predicted octanol–water partition coefficient (Wildman–Crippen LogP) is 2.27. The van der Waals surface area contributed by atoms with Gasteiger partial charge in [-0.25, -0.2) is 0 Å². The summed E-state index contributed by atoms with van der Waals surface area (Å²) in [6.07, 6.45) is 5.40. The first-order valence-electron chi connectivity index (χ1n) is 8.49. The highest BCUT2D eigenvalue weighted by Crippen LogP contribution is 2.21. The molecule has 22 heavy (non-hydrogen) atoms. The molecule has 0 aromatic heterocycles. The molecule has 2 aliphatic heterocycles. The van der Waals surface area contributed by atoms with E-state index in [1.165, 1.54) is 32.4 Å². The molecule has 1 unspecified atom stereocenters. The zero-order valence-electron chi connectivity index (χ0n) is 13.2. The van der Waals surface area contributed by atoms with Gasteiger partial charge in [0, 0.05) is 19.6 Å². The summed E-state index contributed by atoms with van der Waals surface area (Å²) in [6, 6.07) is 7.03. The number of benzene rings is 1. The Bertz CT molecular complexity index is 512. The molecule has 0 saturated carbocycles. The van der Waals surface area contributed by atoms with Crippen molar-refractivity contribution >= 4 is 5.91 Å². The van der Waals surface area contributed by atoms with Gasteiger partial charge in [0.2, 0.25) is 5.91 Å². The molecule has 2 fully saturated rings. The van der Waals surface area contributed by atoms with Gasteiger partial charge in [-0.05, 0) is 62.4 Å². The summed E-state index contributed by atoms with van der Waals surface area (Å²) in [5.41, 5.74) is 0.895. The third kappa shape index (κ3) is 4.01. The van der Waals surface area contributed by atoms with Gasteiger partial charge in [0.1, 0.15) is 5.75 Å². The smallest absolute Gasteiger partial charge is 0.227 e. The van der Waals surface area contributed by atoms with Crippen LogP contribution in [0.5, 0.6) is 5.75 Å². The van der Waals surface area contributed by atoms with Gasteiger partial charge in [-0.15, -0.1) is 0 Å². The number of hydrogen-bond acceptors (Lipinski definition) is 3. The fourth-order valence-electron chi connectivity index (χ4n) is 3.72. The number of amides is 1. The van der Waals surface area contributed by atoms with Crippen LogP contribution in [0.4, 0.5) is 0 Å². The van der Waals surface area contributed by atoms with Gasteiger partial charge in [0.25, 0.3) is 0 Å². The van der Waals surface area contributed by atoms with Crippen molar-refractivity contribution in [3.05, 3.63) is 29.8 Å². The summed E-state index contributed by atoms with van der Waals surface area (Å²) in [4.78, 5) is 17.1. The zero-order chi connectivity index (χ0) is 15.4. The van der Waals surface area contributed by atoms with Gasteiger partial charge in [-0.2, -0.15) is 0 Å². The van der Waals surface area contributed by atoms with E-state index >= 15 is 0 Å². The van der Waals surface area contributed by atoms with Crippen molar-refractivity contribution in [3.8, 4) is 5.75 Å². The van der Waals surface area contributed by atoms with E-state index in [-0.39, 0.29) is 11.7 Å². The molecule has 1 atom stereocenters. The molecule has 1 aromatic carbocycles. The van der Waals surface area contributed by atoms with E-state index in [4.69, 9.17) is 0 Å². The molecule has 4 nitrogen and oxygen atoms in total. The number of likely N-dealkylation sites (tertiary alicyclic amines) is 2. The quantitative estimate of drug-likeness (QED) is 0.928. The molecular weight excluding hydrogens is 276 g/mol. The maximum absolute atomic E-state index is 12.5. The lowest BCUT2D eigenvalue weighted by Crippen LogP contribution is -2.43. The van der Waals surface area contributed by atoms with Crippen molar-refractivity contribution in [3.63, 3.8) is 0 Å². The highest BCUT2D eigenvalue weighted by Gasteiger charge is 2.26. The molecule has 2 aliphatic rings. The largest absolute Gasteiger partial charge is 0.508 e. The Morgan fingerprint density at radius 2 is 2.00 bits per heavy atom. The topological polar surface area (TPSA) is 43.8 Å². The minimum atomic E-state index is 0.191. The molecule has 1 aromatic rings. The van der Waals surface area contributed by atoms with Crippen LogP contribution in [0, 0.1) is 5.92 Å². The molecule has 120 valence electrons. The van der Waals surface area contributed by atoms with Crippen LogP contribution >= 0.6 is 0 Å². The van der Waals surface area contributed by atoms with Crippen LogP contribution in [-0.2, 0) is 11.2 Å². The normalized spacial score (nSPS) is 22.9. The SMILES string of the molecule is O=C(Cc1cccc(O)c1)N1CCCC(CN2CCCC2)C1. The Morgan fingerprint density at radius 1 is 1.18 bits per heavy atom. The van der Waals surface area contributed by atoms with Crippen LogP contribution in [0.2, 0.25) is 0 Å². The molecule has 0 bridgehead atoms. The molecular formula is C18H26N2O2. The van der Waals surface area contributed by atoms with Crippen molar-refractivity contribution in [1.29, 1.82) is 0 Å². The summed E-state index contributed by atoms with van der Waals surface area (Å²) in [5, 5.41) is 9.51. The predicted molar refractivity (Wildman–Crippen MR) is 86.8 cm³/mol. The number of phenols is 1. The van der Waals surface area contributed by atoms with E-state index in [1.807, 2.05) is 11.0 Å². The van der Waals surface area contributed by atoms with Gasteiger partial charge >= 0.3 is 0 Å². The maximum atomic E-state index is 12.5. The molecule has 0 radical (unpaired) electrons. The zero-order valence-corrected chi connectivity index (χ0v) is 13.2. The van der Waals surface area contributed by atoms with Crippen LogP contribution in [0.15, 0.2) is 24.3 Å². The fraction of sp³-hybridized carbons (Fsp3) is 0.611. The Hall–Kier alpha value is -1.55. The monoisotopic (exact) mass is 302 g/mol. The molecule has 0 aliphatic carbocycles.